The molecule has 6 nitrogen and oxygen atoms in total. The van der Waals surface area contributed by atoms with Gasteiger partial charge in [0.25, 0.3) is 0 Å². The summed E-state index contributed by atoms with van der Waals surface area (Å²) in [7, 11) is 0. The Morgan fingerprint density at radius 1 is 1.50 bits per heavy atom. The molecule has 8 heteroatoms. The summed E-state index contributed by atoms with van der Waals surface area (Å²) in [5, 5.41) is 11.7. The second-order valence-electron chi connectivity index (χ2n) is 5.47. The van der Waals surface area contributed by atoms with Crippen molar-refractivity contribution in [3.8, 4) is 5.75 Å². The van der Waals surface area contributed by atoms with E-state index in [4.69, 9.17) is 33.3 Å². The van der Waals surface area contributed by atoms with Gasteiger partial charge in [0.05, 0.1) is 24.2 Å². The molecule has 1 aliphatic heterocycles. The number of hydrogen-bond acceptors (Lipinski definition) is 4. The van der Waals surface area contributed by atoms with E-state index >= 15 is 0 Å². The van der Waals surface area contributed by atoms with Crippen molar-refractivity contribution < 1.29 is 9.47 Å². The standard InChI is InChI=1S/C16H19ClN4O2S/c17-12-3-1-4-14(7-12)23-11-21-10-13(8-19-21)20-16(24)18-9-15-5-2-6-22-15/h1,3-4,7-8,10,15H,2,5-6,9,11H2,(H2,18,20,24). The molecule has 2 aromatic rings. The Morgan fingerprint density at radius 3 is 3.21 bits per heavy atom. The predicted octanol–water partition coefficient (Wildman–Crippen LogP) is 3.04. The van der Waals surface area contributed by atoms with Crippen molar-refractivity contribution in [1.29, 1.82) is 0 Å². The largest absolute Gasteiger partial charge is 0.471 e. The number of hydrogen-bond donors (Lipinski definition) is 2. The van der Waals surface area contributed by atoms with Gasteiger partial charge in [0, 0.05) is 18.2 Å². The molecule has 1 aromatic heterocycles. The first-order chi connectivity index (χ1) is 11.7. The average Bonchev–Trinajstić information content (AvgIpc) is 3.23. The molecular formula is C16H19ClN4O2S. The minimum Gasteiger partial charge on any atom is -0.471 e. The topological polar surface area (TPSA) is 60.3 Å². The number of halogens is 1. The number of aromatic nitrogens is 2. The lowest BCUT2D eigenvalue weighted by Crippen LogP contribution is -2.34. The Balaban J connectivity index is 1.43. The molecule has 1 aromatic carbocycles. The third-order valence-corrected chi connectivity index (χ3v) is 4.05. The number of nitrogens with one attached hydrogen (secondary N) is 2. The van der Waals surface area contributed by atoms with Crippen LogP contribution in [0.4, 0.5) is 5.69 Å². The summed E-state index contributed by atoms with van der Waals surface area (Å²) in [6, 6.07) is 7.24. The summed E-state index contributed by atoms with van der Waals surface area (Å²) in [5.41, 5.74) is 0.800. The fourth-order valence-corrected chi connectivity index (χ4v) is 2.76. The predicted molar refractivity (Wildman–Crippen MR) is 97.5 cm³/mol. The summed E-state index contributed by atoms with van der Waals surface area (Å²) in [4.78, 5) is 0. The molecule has 0 bridgehead atoms. The lowest BCUT2D eigenvalue weighted by atomic mass is 10.2. The summed E-state index contributed by atoms with van der Waals surface area (Å²) in [6.45, 7) is 1.85. The molecule has 0 amide bonds. The summed E-state index contributed by atoms with van der Waals surface area (Å²) < 4.78 is 12.8. The molecule has 0 saturated carbocycles. The Hall–Kier alpha value is -1.83. The number of thiocarbonyl (C=S) groups is 1. The van der Waals surface area contributed by atoms with Crippen molar-refractivity contribution in [3.05, 3.63) is 41.7 Å². The van der Waals surface area contributed by atoms with E-state index in [1.165, 1.54) is 0 Å². The summed E-state index contributed by atoms with van der Waals surface area (Å²) in [6.07, 6.45) is 5.96. The Labute approximate surface area is 151 Å². The highest BCUT2D eigenvalue weighted by Gasteiger charge is 2.15. The second-order valence-corrected chi connectivity index (χ2v) is 6.31. The van der Waals surface area contributed by atoms with Gasteiger partial charge in [0.1, 0.15) is 5.75 Å². The van der Waals surface area contributed by atoms with Gasteiger partial charge in [-0.15, -0.1) is 0 Å². The maximum absolute atomic E-state index is 5.92. The smallest absolute Gasteiger partial charge is 0.180 e. The second kappa shape index (κ2) is 8.32. The van der Waals surface area contributed by atoms with Gasteiger partial charge in [-0.1, -0.05) is 17.7 Å². The van der Waals surface area contributed by atoms with Crippen LogP contribution in [0.5, 0.6) is 5.75 Å². The van der Waals surface area contributed by atoms with E-state index in [9.17, 15) is 0 Å². The SMILES string of the molecule is S=C(NCC1CCCO1)Nc1cnn(COc2cccc(Cl)c2)c1. The summed E-state index contributed by atoms with van der Waals surface area (Å²) >= 11 is 11.2. The van der Waals surface area contributed by atoms with E-state index in [-0.39, 0.29) is 12.8 Å². The van der Waals surface area contributed by atoms with E-state index in [2.05, 4.69) is 15.7 Å². The first-order valence-corrected chi connectivity index (χ1v) is 8.55. The number of rotatable bonds is 6. The van der Waals surface area contributed by atoms with Crippen LogP contribution in [0.3, 0.4) is 0 Å². The molecule has 0 aliphatic carbocycles. The van der Waals surface area contributed by atoms with Crippen LogP contribution in [-0.4, -0.2) is 34.1 Å². The van der Waals surface area contributed by atoms with Gasteiger partial charge in [-0.2, -0.15) is 5.10 Å². The van der Waals surface area contributed by atoms with Gasteiger partial charge >= 0.3 is 0 Å². The highest BCUT2D eigenvalue weighted by molar-refractivity contribution is 7.80. The Kier molecular flexibility index (Phi) is 5.90. The van der Waals surface area contributed by atoms with Gasteiger partial charge in [-0.05, 0) is 43.3 Å². The minimum atomic E-state index is 0.249. The van der Waals surface area contributed by atoms with Crippen LogP contribution in [0.2, 0.25) is 5.02 Å². The monoisotopic (exact) mass is 366 g/mol. The number of ether oxygens (including phenoxy) is 2. The first-order valence-electron chi connectivity index (χ1n) is 7.76. The van der Waals surface area contributed by atoms with Crippen LogP contribution in [0.15, 0.2) is 36.7 Å². The van der Waals surface area contributed by atoms with Gasteiger partial charge in [-0.3, -0.25) is 0 Å². The maximum Gasteiger partial charge on any atom is 0.180 e. The van der Waals surface area contributed by atoms with E-state index in [0.717, 1.165) is 31.7 Å². The van der Waals surface area contributed by atoms with Gasteiger partial charge in [0.15, 0.2) is 11.8 Å². The molecule has 1 unspecified atom stereocenters. The molecule has 3 rings (SSSR count). The van der Waals surface area contributed by atoms with E-state index in [1.807, 2.05) is 18.3 Å². The Bertz CT molecular complexity index is 688. The van der Waals surface area contributed by atoms with Crippen LogP contribution >= 0.6 is 23.8 Å². The number of anilines is 1. The fraction of sp³-hybridized carbons (Fsp3) is 0.375. The van der Waals surface area contributed by atoms with Crippen LogP contribution in [-0.2, 0) is 11.5 Å². The zero-order chi connectivity index (χ0) is 16.8. The summed E-state index contributed by atoms with van der Waals surface area (Å²) in [5.74, 6) is 0.696. The van der Waals surface area contributed by atoms with Crippen molar-refractivity contribution in [2.24, 2.45) is 0 Å². The van der Waals surface area contributed by atoms with E-state index < -0.39 is 0 Å². The molecule has 1 fully saturated rings. The van der Waals surface area contributed by atoms with Crippen molar-refractivity contribution in [2.45, 2.75) is 25.7 Å². The van der Waals surface area contributed by atoms with Crippen LogP contribution in [0.25, 0.3) is 0 Å². The van der Waals surface area contributed by atoms with Crippen LogP contribution in [0.1, 0.15) is 12.8 Å². The highest BCUT2D eigenvalue weighted by atomic mass is 35.5. The number of nitrogens with zero attached hydrogens (tertiary/aromatic N) is 2. The van der Waals surface area contributed by atoms with Crippen molar-refractivity contribution in [2.75, 3.05) is 18.5 Å². The molecule has 1 aliphatic rings. The lowest BCUT2D eigenvalue weighted by Gasteiger charge is -2.13. The van der Waals surface area contributed by atoms with Gasteiger partial charge in [0.2, 0.25) is 0 Å². The minimum absolute atomic E-state index is 0.249. The molecule has 0 spiro atoms. The third-order valence-electron chi connectivity index (χ3n) is 3.56. The van der Waals surface area contributed by atoms with Crippen LogP contribution in [0, 0.1) is 0 Å². The van der Waals surface area contributed by atoms with E-state index in [0.29, 0.717) is 15.9 Å². The molecule has 128 valence electrons. The Morgan fingerprint density at radius 2 is 2.42 bits per heavy atom. The molecular weight excluding hydrogens is 348 g/mol. The molecule has 0 radical (unpaired) electrons. The van der Waals surface area contributed by atoms with Crippen molar-refractivity contribution in [1.82, 2.24) is 15.1 Å². The lowest BCUT2D eigenvalue weighted by molar-refractivity contribution is 0.114. The normalized spacial score (nSPS) is 16.8. The van der Waals surface area contributed by atoms with Gasteiger partial charge in [-0.25, -0.2) is 4.68 Å². The quantitative estimate of drug-likeness (QED) is 0.766. The fourth-order valence-electron chi connectivity index (χ4n) is 2.38. The zero-order valence-corrected chi connectivity index (χ0v) is 14.6. The maximum atomic E-state index is 5.92. The highest BCUT2D eigenvalue weighted by Crippen LogP contribution is 2.17. The molecule has 1 saturated heterocycles. The third kappa shape index (κ3) is 5.09. The molecule has 1 atom stereocenters. The zero-order valence-electron chi connectivity index (χ0n) is 13.1. The van der Waals surface area contributed by atoms with Crippen LogP contribution < -0.4 is 15.4 Å². The molecule has 2 heterocycles. The van der Waals surface area contributed by atoms with E-state index in [1.54, 1.807) is 23.0 Å². The number of benzene rings is 1. The molecule has 2 N–H and O–H groups in total. The van der Waals surface area contributed by atoms with Crippen molar-refractivity contribution >= 4 is 34.6 Å². The average molecular weight is 367 g/mol. The molecule has 24 heavy (non-hydrogen) atoms. The van der Waals surface area contributed by atoms with Crippen molar-refractivity contribution in [3.63, 3.8) is 0 Å². The van der Waals surface area contributed by atoms with Gasteiger partial charge < -0.3 is 20.1 Å². The first kappa shape index (κ1) is 17.0.